The minimum absolute atomic E-state index is 0.0368. The van der Waals surface area contributed by atoms with Gasteiger partial charge in [-0.05, 0) is 25.0 Å². The zero-order chi connectivity index (χ0) is 14.5. The first-order valence-corrected chi connectivity index (χ1v) is 6.17. The zero-order valence-electron chi connectivity index (χ0n) is 10.6. The van der Waals surface area contributed by atoms with Crippen LogP contribution in [0.2, 0.25) is 0 Å². The molecular weight excluding hydrogens is 264 g/mol. The predicted octanol–water partition coefficient (Wildman–Crippen LogP) is 1.63. The number of hydrogen-bond acceptors (Lipinski definition) is 6. The Bertz CT molecular complexity index is 524. The van der Waals surface area contributed by atoms with Crippen molar-refractivity contribution in [3.63, 3.8) is 0 Å². The maximum Gasteiger partial charge on any atom is 0.346 e. The third kappa shape index (κ3) is 3.28. The van der Waals surface area contributed by atoms with E-state index in [1.165, 1.54) is 24.3 Å². The molecule has 0 N–H and O–H groups in total. The van der Waals surface area contributed by atoms with Crippen molar-refractivity contribution in [2.45, 2.75) is 25.7 Å². The van der Waals surface area contributed by atoms with Gasteiger partial charge in [-0.3, -0.25) is 9.59 Å². The summed E-state index contributed by atoms with van der Waals surface area (Å²) < 4.78 is 9.31. The van der Waals surface area contributed by atoms with Crippen LogP contribution in [-0.2, 0) is 19.1 Å². The van der Waals surface area contributed by atoms with Crippen molar-refractivity contribution in [2.24, 2.45) is 0 Å². The number of benzene rings is 1. The molecule has 2 rings (SSSR count). The normalized spacial score (nSPS) is 17.4. The summed E-state index contributed by atoms with van der Waals surface area (Å²) in [6.07, 6.45) is 0.846. The molecule has 6 heteroatoms. The number of cyclic esters (lactones) is 4. The molecule has 0 bridgehead atoms. The summed E-state index contributed by atoms with van der Waals surface area (Å²) >= 11 is 0. The van der Waals surface area contributed by atoms with E-state index >= 15 is 0 Å². The minimum atomic E-state index is -0.921. The molecule has 0 fully saturated rings. The van der Waals surface area contributed by atoms with Crippen molar-refractivity contribution >= 4 is 23.9 Å². The lowest BCUT2D eigenvalue weighted by atomic mass is 10.1. The summed E-state index contributed by atoms with van der Waals surface area (Å²) in [7, 11) is 0. The zero-order valence-corrected chi connectivity index (χ0v) is 10.6. The molecule has 1 aromatic carbocycles. The molecule has 0 spiro atoms. The van der Waals surface area contributed by atoms with Crippen molar-refractivity contribution in [1.29, 1.82) is 0 Å². The summed E-state index contributed by atoms with van der Waals surface area (Å²) in [5, 5.41) is 0. The molecule has 0 radical (unpaired) electrons. The van der Waals surface area contributed by atoms with Crippen LogP contribution in [0.4, 0.5) is 0 Å². The van der Waals surface area contributed by atoms with Gasteiger partial charge >= 0.3 is 23.9 Å². The lowest BCUT2D eigenvalue weighted by molar-refractivity contribution is -0.140. The van der Waals surface area contributed by atoms with Gasteiger partial charge in [0.05, 0.1) is 11.1 Å². The van der Waals surface area contributed by atoms with Gasteiger partial charge in [-0.15, -0.1) is 0 Å². The van der Waals surface area contributed by atoms with Gasteiger partial charge in [0, 0.05) is 12.8 Å². The van der Waals surface area contributed by atoms with Crippen LogP contribution in [0, 0.1) is 0 Å². The van der Waals surface area contributed by atoms with Crippen LogP contribution >= 0.6 is 0 Å². The Morgan fingerprint density at radius 2 is 1.10 bits per heavy atom. The van der Waals surface area contributed by atoms with Crippen molar-refractivity contribution in [3.8, 4) is 0 Å². The standard InChI is InChI=1S/C14H12O6/c15-11-7-3-4-8-12(16)20-14(18)10-6-2-1-5-9(10)13(17)19-11/h1-2,5-6H,3-4,7-8H2. The first-order chi connectivity index (χ1) is 9.58. The highest BCUT2D eigenvalue weighted by Crippen LogP contribution is 2.15. The monoisotopic (exact) mass is 276 g/mol. The van der Waals surface area contributed by atoms with Gasteiger partial charge in [0.15, 0.2) is 0 Å². The summed E-state index contributed by atoms with van der Waals surface area (Å²) in [6.45, 7) is 0. The van der Waals surface area contributed by atoms with E-state index in [2.05, 4.69) is 9.47 Å². The number of hydrogen-bond donors (Lipinski definition) is 0. The highest BCUT2D eigenvalue weighted by molar-refractivity contribution is 6.07. The Labute approximate surface area is 114 Å². The second-order valence-corrected chi connectivity index (χ2v) is 4.28. The smallest absolute Gasteiger partial charge is 0.346 e. The second kappa shape index (κ2) is 6.10. The van der Waals surface area contributed by atoms with Crippen LogP contribution < -0.4 is 0 Å². The Kier molecular flexibility index (Phi) is 4.24. The first kappa shape index (κ1) is 13.9. The van der Waals surface area contributed by atoms with Crippen molar-refractivity contribution in [3.05, 3.63) is 35.4 Å². The van der Waals surface area contributed by atoms with Crippen molar-refractivity contribution < 1.29 is 28.7 Å². The molecule has 1 heterocycles. The number of carbonyl (C=O) groups is 4. The minimum Gasteiger partial charge on any atom is -0.389 e. The number of carbonyl (C=O) groups excluding carboxylic acids is 4. The summed E-state index contributed by atoms with van der Waals surface area (Å²) in [6, 6.07) is 5.71. The Morgan fingerprint density at radius 3 is 1.50 bits per heavy atom. The summed E-state index contributed by atoms with van der Waals surface area (Å²) in [5.41, 5.74) is -0.196. The van der Waals surface area contributed by atoms with E-state index in [0.29, 0.717) is 12.8 Å². The fourth-order valence-electron chi connectivity index (χ4n) is 1.80. The molecule has 0 aromatic heterocycles. The Hall–Kier alpha value is -2.50. The third-order valence-electron chi connectivity index (χ3n) is 2.79. The topological polar surface area (TPSA) is 86.7 Å². The molecule has 0 atom stereocenters. The van der Waals surface area contributed by atoms with Crippen LogP contribution in [-0.4, -0.2) is 23.9 Å². The Balaban J connectivity index is 2.35. The van der Waals surface area contributed by atoms with Crippen LogP contribution in [0.1, 0.15) is 46.4 Å². The SMILES string of the molecule is O=C1CCCCC(=O)OC(=O)c2ccccc2C(=O)O1. The number of rotatable bonds is 0. The van der Waals surface area contributed by atoms with Gasteiger partial charge in [0.25, 0.3) is 0 Å². The maximum atomic E-state index is 11.8. The van der Waals surface area contributed by atoms with E-state index in [1.807, 2.05) is 0 Å². The summed E-state index contributed by atoms with van der Waals surface area (Å²) in [5.74, 6) is -3.19. The highest BCUT2D eigenvalue weighted by atomic mass is 16.6. The highest BCUT2D eigenvalue weighted by Gasteiger charge is 2.23. The largest absolute Gasteiger partial charge is 0.389 e. The molecule has 0 saturated heterocycles. The fourth-order valence-corrected chi connectivity index (χ4v) is 1.80. The molecule has 0 unspecified atom stereocenters. The van der Waals surface area contributed by atoms with Gasteiger partial charge in [0.2, 0.25) is 0 Å². The first-order valence-electron chi connectivity index (χ1n) is 6.17. The molecular formula is C14H12O6. The van der Waals surface area contributed by atoms with E-state index in [1.54, 1.807) is 0 Å². The molecule has 104 valence electrons. The van der Waals surface area contributed by atoms with E-state index < -0.39 is 23.9 Å². The van der Waals surface area contributed by atoms with E-state index in [4.69, 9.17) is 0 Å². The molecule has 1 aromatic rings. The van der Waals surface area contributed by atoms with Crippen LogP contribution in [0.5, 0.6) is 0 Å². The molecule has 1 aliphatic heterocycles. The lowest BCUT2D eigenvalue weighted by Crippen LogP contribution is -2.20. The molecule has 0 aliphatic carbocycles. The fraction of sp³-hybridized carbons (Fsp3) is 0.286. The van der Waals surface area contributed by atoms with E-state index in [9.17, 15) is 19.2 Å². The molecule has 0 amide bonds. The molecule has 1 aliphatic rings. The second-order valence-electron chi connectivity index (χ2n) is 4.28. The average molecular weight is 276 g/mol. The van der Waals surface area contributed by atoms with Crippen LogP contribution in [0.25, 0.3) is 0 Å². The molecule has 0 saturated carbocycles. The van der Waals surface area contributed by atoms with Crippen molar-refractivity contribution in [1.82, 2.24) is 0 Å². The maximum absolute atomic E-state index is 11.8. The van der Waals surface area contributed by atoms with E-state index in [0.717, 1.165) is 0 Å². The van der Waals surface area contributed by atoms with Gasteiger partial charge < -0.3 is 9.47 Å². The number of fused-ring (bicyclic) bond motifs is 1. The van der Waals surface area contributed by atoms with Crippen LogP contribution in [0.3, 0.4) is 0 Å². The van der Waals surface area contributed by atoms with Gasteiger partial charge in [0.1, 0.15) is 0 Å². The lowest BCUT2D eigenvalue weighted by Gasteiger charge is -2.09. The Morgan fingerprint density at radius 1 is 0.700 bits per heavy atom. The number of ether oxygens (including phenoxy) is 2. The van der Waals surface area contributed by atoms with E-state index in [-0.39, 0.29) is 24.0 Å². The van der Waals surface area contributed by atoms with Gasteiger partial charge in [-0.25, -0.2) is 9.59 Å². The average Bonchev–Trinajstić information content (AvgIpc) is 2.42. The molecule has 6 nitrogen and oxygen atoms in total. The van der Waals surface area contributed by atoms with Crippen LogP contribution in [0.15, 0.2) is 24.3 Å². The number of esters is 4. The van der Waals surface area contributed by atoms with Crippen molar-refractivity contribution in [2.75, 3.05) is 0 Å². The predicted molar refractivity (Wildman–Crippen MR) is 65.8 cm³/mol. The summed E-state index contributed by atoms with van der Waals surface area (Å²) in [4.78, 5) is 46.5. The van der Waals surface area contributed by atoms with Gasteiger partial charge in [-0.1, -0.05) is 12.1 Å². The van der Waals surface area contributed by atoms with Gasteiger partial charge in [-0.2, -0.15) is 0 Å². The molecule has 20 heavy (non-hydrogen) atoms. The quantitative estimate of drug-likeness (QED) is 0.528. The third-order valence-corrected chi connectivity index (χ3v) is 2.79.